The maximum Gasteiger partial charge on any atom is 0.255 e. The number of carbonyl (C=O) groups is 1. The molecule has 1 fully saturated rings. The number of hydrogen-bond donors (Lipinski definition) is 0. The lowest BCUT2D eigenvalue weighted by atomic mass is 10.1. The fourth-order valence-electron chi connectivity index (χ4n) is 3.12. The van der Waals surface area contributed by atoms with E-state index in [0.29, 0.717) is 23.6 Å². The van der Waals surface area contributed by atoms with E-state index in [2.05, 4.69) is 0 Å². The summed E-state index contributed by atoms with van der Waals surface area (Å²) in [5.74, 6) is 3.50. The maximum absolute atomic E-state index is 13.1. The van der Waals surface area contributed by atoms with E-state index < -0.39 is 0 Å². The van der Waals surface area contributed by atoms with Crippen LogP contribution in [0.5, 0.6) is 23.0 Å². The summed E-state index contributed by atoms with van der Waals surface area (Å²) in [6, 6.07) is 11.1. The minimum absolute atomic E-state index is 0.0464. The molecule has 26 heavy (non-hydrogen) atoms. The molecule has 6 nitrogen and oxygen atoms in total. The summed E-state index contributed by atoms with van der Waals surface area (Å²) in [5.41, 5.74) is 1.58. The molecule has 4 rings (SSSR count). The van der Waals surface area contributed by atoms with Crippen molar-refractivity contribution in [2.24, 2.45) is 0 Å². The molecule has 0 N–H and O–H groups in total. The monoisotopic (exact) mass is 373 g/mol. The first-order valence-electron chi connectivity index (χ1n) is 8.25. The Morgan fingerprint density at radius 3 is 2.54 bits per heavy atom. The standard InChI is InChI=1S/C19H19NO5S/c1-22-14-7-13(8-15(10-14)23-2)18(21)20-5-6-26-19(20)12-3-4-16-17(9-12)25-11-24-16/h3-4,7-10,19H,5-6,11H2,1-2H3/t19-/m0/s1. The highest BCUT2D eigenvalue weighted by atomic mass is 32.2. The van der Waals surface area contributed by atoms with Crippen molar-refractivity contribution in [1.82, 2.24) is 4.90 Å². The second kappa shape index (κ2) is 6.99. The Balaban J connectivity index is 1.63. The number of nitrogens with zero attached hydrogens (tertiary/aromatic N) is 1. The number of amides is 1. The van der Waals surface area contributed by atoms with Crippen molar-refractivity contribution in [3.63, 3.8) is 0 Å². The number of fused-ring (bicyclic) bond motifs is 1. The molecule has 0 aliphatic carbocycles. The summed E-state index contributed by atoms with van der Waals surface area (Å²) in [6.45, 7) is 0.922. The number of rotatable bonds is 4. The molecule has 1 amide bonds. The Labute approximate surface area is 156 Å². The first kappa shape index (κ1) is 16.9. The van der Waals surface area contributed by atoms with Crippen LogP contribution in [0, 0.1) is 0 Å². The normalized spacial score (nSPS) is 18.1. The first-order chi connectivity index (χ1) is 12.7. The zero-order valence-electron chi connectivity index (χ0n) is 14.6. The van der Waals surface area contributed by atoms with Gasteiger partial charge in [-0.2, -0.15) is 0 Å². The van der Waals surface area contributed by atoms with Gasteiger partial charge in [-0.25, -0.2) is 0 Å². The molecule has 0 unspecified atom stereocenters. The molecule has 0 radical (unpaired) electrons. The molecule has 0 spiro atoms. The minimum atomic E-state index is -0.0609. The largest absolute Gasteiger partial charge is 0.497 e. The van der Waals surface area contributed by atoms with Crippen molar-refractivity contribution < 1.29 is 23.7 Å². The summed E-state index contributed by atoms with van der Waals surface area (Å²) < 4.78 is 21.4. The smallest absolute Gasteiger partial charge is 0.255 e. The fraction of sp³-hybridized carbons (Fsp3) is 0.316. The number of carbonyl (C=O) groups excluding carboxylic acids is 1. The molecule has 2 aromatic carbocycles. The van der Waals surface area contributed by atoms with Gasteiger partial charge in [-0.3, -0.25) is 4.79 Å². The summed E-state index contributed by atoms with van der Waals surface area (Å²) in [7, 11) is 3.15. The molecular formula is C19H19NO5S. The molecule has 7 heteroatoms. The van der Waals surface area contributed by atoms with Crippen molar-refractivity contribution in [1.29, 1.82) is 0 Å². The highest BCUT2D eigenvalue weighted by Crippen LogP contribution is 2.43. The SMILES string of the molecule is COc1cc(OC)cc(C(=O)N2CCS[C@H]2c2ccc3c(c2)OCO3)c1. The number of hydrogen-bond acceptors (Lipinski definition) is 6. The van der Waals surface area contributed by atoms with Crippen LogP contribution in [0.1, 0.15) is 21.3 Å². The van der Waals surface area contributed by atoms with Crippen molar-refractivity contribution in [3.8, 4) is 23.0 Å². The lowest BCUT2D eigenvalue weighted by Gasteiger charge is -2.24. The molecule has 1 atom stereocenters. The Morgan fingerprint density at radius 1 is 1.08 bits per heavy atom. The third kappa shape index (κ3) is 3.03. The molecule has 0 bridgehead atoms. The fourth-order valence-corrected chi connectivity index (χ4v) is 4.36. The average molecular weight is 373 g/mol. The van der Waals surface area contributed by atoms with E-state index in [1.54, 1.807) is 44.2 Å². The van der Waals surface area contributed by atoms with E-state index in [0.717, 1.165) is 22.8 Å². The third-order valence-electron chi connectivity index (χ3n) is 4.43. The van der Waals surface area contributed by atoms with E-state index in [9.17, 15) is 4.79 Å². The van der Waals surface area contributed by atoms with E-state index in [1.165, 1.54) is 0 Å². The van der Waals surface area contributed by atoms with E-state index in [-0.39, 0.29) is 18.1 Å². The maximum atomic E-state index is 13.1. The highest BCUT2D eigenvalue weighted by Gasteiger charge is 2.32. The van der Waals surface area contributed by atoms with E-state index in [1.807, 2.05) is 23.1 Å². The molecule has 2 aliphatic rings. The number of methoxy groups -OCH3 is 2. The minimum Gasteiger partial charge on any atom is -0.497 e. The van der Waals surface area contributed by atoms with Crippen molar-refractivity contribution in [3.05, 3.63) is 47.5 Å². The highest BCUT2D eigenvalue weighted by molar-refractivity contribution is 7.99. The van der Waals surface area contributed by atoms with Crippen LogP contribution in [0.25, 0.3) is 0 Å². The molecule has 0 saturated carbocycles. The van der Waals surface area contributed by atoms with Gasteiger partial charge in [0.05, 0.1) is 14.2 Å². The topological polar surface area (TPSA) is 57.2 Å². The summed E-state index contributed by atoms with van der Waals surface area (Å²) >= 11 is 1.74. The van der Waals surface area contributed by atoms with Gasteiger partial charge in [-0.1, -0.05) is 6.07 Å². The average Bonchev–Trinajstić information content (AvgIpc) is 3.35. The van der Waals surface area contributed by atoms with Crippen LogP contribution in [-0.4, -0.2) is 44.1 Å². The van der Waals surface area contributed by atoms with Crippen LogP contribution in [0.4, 0.5) is 0 Å². The van der Waals surface area contributed by atoms with E-state index >= 15 is 0 Å². The lowest BCUT2D eigenvalue weighted by Crippen LogP contribution is -2.30. The van der Waals surface area contributed by atoms with Crippen LogP contribution in [0.2, 0.25) is 0 Å². The molecule has 2 aliphatic heterocycles. The predicted octanol–water partition coefficient (Wildman–Crippen LogP) is 3.32. The third-order valence-corrected chi connectivity index (χ3v) is 5.69. The van der Waals surface area contributed by atoms with Gasteiger partial charge in [0, 0.05) is 23.9 Å². The van der Waals surface area contributed by atoms with Gasteiger partial charge in [-0.15, -0.1) is 11.8 Å². The predicted molar refractivity (Wildman–Crippen MR) is 98.3 cm³/mol. The molecule has 136 valence electrons. The van der Waals surface area contributed by atoms with Gasteiger partial charge in [0.15, 0.2) is 11.5 Å². The van der Waals surface area contributed by atoms with Crippen LogP contribution in [-0.2, 0) is 0 Å². The summed E-state index contributed by atoms with van der Waals surface area (Å²) in [4.78, 5) is 15.0. The van der Waals surface area contributed by atoms with Gasteiger partial charge in [0.25, 0.3) is 5.91 Å². The summed E-state index contributed by atoms with van der Waals surface area (Å²) in [6.07, 6.45) is 0. The molecule has 0 aromatic heterocycles. The Morgan fingerprint density at radius 2 is 1.81 bits per heavy atom. The first-order valence-corrected chi connectivity index (χ1v) is 9.29. The van der Waals surface area contributed by atoms with Gasteiger partial charge < -0.3 is 23.8 Å². The Hall–Kier alpha value is -2.54. The van der Waals surface area contributed by atoms with Crippen LogP contribution in [0.3, 0.4) is 0 Å². The lowest BCUT2D eigenvalue weighted by molar-refractivity contribution is 0.0759. The molecule has 2 aromatic rings. The number of benzene rings is 2. The zero-order valence-corrected chi connectivity index (χ0v) is 15.4. The second-order valence-corrected chi connectivity index (χ2v) is 7.12. The quantitative estimate of drug-likeness (QED) is 0.820. The van der Waals surface area contributed by atoms with Gasteiger partial charge in [0.1, 0.15) is 16.9 Å². The molecule has 2 heterocycles. The molecule has 1 saturated heterocycles. The van der Waals surface area contributed by atoms with Gasteiger partial charge in [0.2, 0.25) is 6.79 Å². The van der Waals surface area contributed by atoms with Crippen LogP contribution < -0.4 is 18.9 Å². The van der Waals surface area contributed by atoms with Crippen LogP contribution in [0.15, 0.2) is 36.4 Å². The Kier molecular flexibility index (Phi) is 4.55. The number of ether oxygens (including phenoxy) is 4. The van der Waals surface area contributed by atoms with Gasteiger partial charge >= 0.3 is 0 Å². The summed E-state index contributed by atoms with van der Waals surface area (Å²) in [5, 5.41) is -0.0609. The van der Waals surface area contributed by atoms with Crippen molar-refractivity contribution in [2.75, 3.05) is 33.3 Å². The van der Waals surface area contributed by atoms with Crippen LogP contribution >= 0.6 is 11.8 Å². The number of thioether (sulfide) groups is 1. The Bertz CT molecular complexity index is 818. The van der Waals surface area contributed by atoms with Gasteiger partial charge in [-0.05, 0) is 29.8 Å². The van der Waals surface area contributed by atoms with E-state index in [4.69, 9.17) is 18.9 Å². The zero-order chi connectivity index (χ0) is 18.1. The van der Waals surface area contributed by atoms with Crippen molar-refractivity contribution in [2.45, 2.75) is 5.37 Å². The second-order valence-electron chi connectivity index (χ2n) is 5.94. The molecular weight excluding hydrogens is 354 g/mol. The van der Waals surface area contributed by atoms with Crippen molar-refractivity contribution >= 4 is 17.7 Å².